The Balaban J connectivity index is 1.84. The number of halogens is 1. The van der Waals surface area contributed by atoms with Gasteiger partial charge in [0, 0.05) is 11.4 Å². The van der Waals surface area contributed by atoms with Crippen LogP contribution < -0.4 is 10.1 Å². The fourth-order valence-corrected chi connectivity index (χ4v) is 2.89. The van der Waals surface area contributed by atoms with Gasteiger partial charge >= 0.3 is 5.97 Å². The first-order chi connectivity index (χ1) is 11.6. The van der Waals surface area contributed by atoms with Gasteiger partial charge in [0.2, 0.25) is 0 Å². The minimum absolute atomic E-state index is 0.0869. The van der Waals surface area contributed by atoms with Crippen LogP contribution in [0.4, 0.5) is 4.39 Å². The Morgan fingerprint density at radius 1 is 1.50 bits per heavy atom. The Hall–Kier alpha value is -2.25. The highest BCUT2D eigenvalue weighted by Gasteiger charge is 2.13. The number of likely N-dealkylation sites (N-methyl/N-ethyl adjacent to an activating group) is 1. The molecule has 0 radical (unpaired) electrons. The smallest absolute Gasteiger partial charge is 0.355 e. The molecule has 5 nitrogen and oxygen atoms in total. The molecule has 0 spiro atoms. The molecule has 0 atom stereocenters. The molecule has 0 unspecified atom stereocenters. The van der Waals surface area contributed by atoms with Crippen LogP contribution in [0.5, 0.6) is 5.75 Å². The summed E-state index contributed by atoms with van der Waals surface area (Å²) in [4.78, 5) is 15.5. The zero-order valence-corrected chi connectivity index (χ0v) is 14.1. The summed E-state index contributed by atoms with van der Waals surface area (Å²) in [5, 5.41) is 12.0. The Morgan fingerprint density at radius 3 is 3.04 bits per heavy atom. The second-order valence-corrected chi connectivity index (χ2v) is 5.97. The molecule has 0 amide bonds. The fraction of sp³-hybridized carbons (Fsp3) is 0.294. The van der Waals surface area contributed by atoms with Crippen LogP contribution >= 0.6 is 11.3 Å². The molecule has 0 aliphatic rings. The number of aromatic nitrogens is 1. The monoisotopic (exact) mass is 350 g/mol. The van der Waals surface area contributed by atoms with E-state index < -0.39 is 11.8 Å². The van der Waals surface area contributed by atoms with Gasteiger partial charge in [0.05, 0.1) is 12.1 Å². The Morgan fingerprint density at radius 2 is 2.33 bits per heavy atom. The van der Waals surface area contributed by atoms with E-state index in [-0.39, 0.29) is 11.4 Å². The average Bonchev–Trinajstić information content (AvgIpc) is 3.02. The maximum absolute atomic E-state index is 14.0. The molecule has 0 bridgehead atoms. The number of ether oxygens (including phenoxy) is 1. The number of aryl methyl sites for hydroxylation is 1. The number of rotatable bonds is 9. The van der Waals surface area contributed by atoms with E-state index in [1.807, 2.05) is 19.2 Å². The first kappa shape index (κ1) is 18.1. The largest absolute Gasteiger partial charge is 0.491 e. The van der Waals surface area contributed by atoms with E-state index in [2.05, 4.69) is 10.3 Å². The number of carboxylic acid groups (broad SMARTS) is 1. The lowest BCUT2D eigenvalue weighted by atomic mass is 10.2. The summed E-state index contributed by atoms with van der Waals surface area (Å²) in [6.07, 6.45) is 4.87. The van der Waals surface area contributed by atoms with Gasteiger partial charge in [-0.25, -0.2) is 14.2 Å². The molecule has 0 aliphatic heterocycles. The zero-order chi connectivity index (χ0) is 17.4. The molecule has 0 aliphatic carbocycles. The molecule has 128 valence electrons. The minimum Gasteiger partial charge on any atom is -0.491 e. The number of aromatic carboxylic acids is 1. The first-order valence-electron chi connectivity index (χ1n) is 7.51. The van der Waals surface area contributed by atoms with E-state index in [0.29, 0.717) is 24.3 Å². The van der Waals surface area contributed by atoms with Crippen molar-refractivity contribution in [1.82, 2.24) is 10.3 Å². The van der Waals surface area contributed by atoms with Crippen molar-refractivity contribution in [2.45, 2.75) is 12.8 Å². The van der Waals surface area contributed by atoms with Crippen molar-refractivity contribution in [2.75, 3.05) is 20.2 Å². The highest BCUT2D eigenvalue weighted by atomic mass is 32.1. The molecule has 0 saturated carbocycles. The number of hydrogen-bond donors (Lipinski definition) is 2. The lowest BCUT2D eigenvalue weighted by molar-refractivity contribution is 0.0690. The van der Waals surface area contributed by atoms with E-state index >= 15 is 0 Å². The van der Waals surface area contributed by atoms with Crippen LogP contribution in [0.3, 0.4) is 0 Å². The number of thiazole rings is 1. The van der Waals surface area contributed by atoms with Gasteiger partial charge in [0.15, 0.2) is 17.3 Å². The van der Waals surface area contributed by atoms with Crippen LogP contribution in [-0.4, -0.2) is 36.3 Å². The van der Waals surface area contributed by atoms with Gasteiger partial charge in [-0.15, -0.1) is 11.3 Å². The Kier molecular flexibility index (Phi) is 6.89. The van der Waals surface area contributed by atoms with E-state index in [1.165, 1.54) is 22.9 Å². The number of benzene rings is 1. The maximum atomic E-state index is 14.0. The fourth-order valence-electron chi connectivity index (χ4n) is 2.09. The molecular formula is C17H19FN2O3S. The molecule has 7 heteroatoms. The van der Waals surface area contributed by atoms with Crippen LogP contribution in [0, 0.1) is 5.82 Å². The van der Waals surface area contributed by atoms with Crippen molar-refractivity contribution in [2.24, 2.45) is 0 Å². The van der Waals surface area contributed by atoms with Crippen molar-refractivity contribution < 1.29 is 19.0 Å². The highest BCUT2D eigenvalue weighted by molar-refractivity contribution is 7.09. The third-order valence-electron chi connectivity index (χ3n) is 3.24. The molecular weight excluding hydrogens is 331 g/mol. The van der Waals surface area contributed by atoms with Crippen molar-refractivity contribution in [3.8, 4) is 5.75 Å². The second-order valence-electron chi connectivity index (χ2n) is 5.03. The molecule has 24 heavy (non-hydrogen) atoms. The first-order valence-corrected chi connectivity index (χ1v) is 8.39. The van der Waals surface area contributed by atoms with Gasteiger partial charge in [-0.3, -0.25) is 0 Å². The van der Waals surface area contributed by atoms with Gasteiger partial charge in [0.1, 0.15) is 0 Å². The van der Waals surface area contributed by atoms with Crippen LogP contribution in [0.2, 0.25) is 0 Å². The van der Waals surface area contributed by atoms with Gasteiger partial charge in [0.25, 0.3) is 0 Å². The highest BCUT2D eigenvalue weighted by Crippen LogP contribution is 2.20. The molecule has 2 aromatic rings. The zero-order valence-electron chi connectivity index (χ0n) is 13.3. The summed E-state index contributed by atoms with van der Waals surface area (Å²) in [7, 11) is 1.84. The standard InChI is InChI=1S/C17H19FN2O3S/c1-19-8-2-4-12-6-7-14(13(18)10-12)23-9-3-5-15-16(17(21)22)20-11-24-15/h2,4,6-7,10-11,19H,3,5,8-9H2,1H3,(H,21,22)/b4-2+. The normalized spacial score (nSPS) is 11.1. The van der Waals surface area contributed by atoms with Crippen LogP contribution in [0.15, 0.2) is 29.8 Å². The van der Waals surface area contributed by atoms with Gasteiger partial charge < -0.3 is 15.2 Å². The number of hydrogen-bond acceptors (Lipinski definition) is 5. The summed E-state index contributed by atoms with van der Waals surface area (Å²) in [5.74, 6) is -1.24. The molecule has 1 aromatic carbocycles. The van der Waals surface area contributed by atoms with Crippen LogP contribution in [0.25, 0.3) is 6.08 Å². The molecule has 2 rings (SSSR count). The lowest BCUT2D eigenvalue weighted by Crippen LogP contribution is -2.04. The third kappa shape index (κ3) is 5.14. The molecule has 0 fully saturated rings. The Labute approximate surface area is 143 Å². The van der Waals surface area contributed by atoms with E-state index in [9.17, 15) is 9.18 Å². The number of carbonyl (C=O) groups is 1. The van der Waals surface area contributed by atoms with Gasteiger partial charge in [-0.2, -0.15) is 0 Å². The molecule has 1 aromatic heterocycles. The lowest BCUT2D eigenvalue weighted by Gasteiger charge is -2.07. The SMILES string of the molecule is CNC/C=C/c1ccc(OCCCc2scnc2C(=O)O)c(F)c1. The van der Waals surface area contributed by atoms with Crippen molar-refractivity contribution in [3.05, 3.63) is 51.7 Å². The average molecular weight is 350 g/mol. The summed E-state index contributed by atoms with van der Waals surface area (Å²) in [5.41, 5.74) is 2.37. The Bertz CT molecular complexity index is 716. The predicted molar refractivity (Wildman–Crippen MR) is 92.3 cm³/mol. The summed E-state index contributed by atoms with van der Waals surface area (Å²) >= 11 is 1.30. The maximum Gasteiger partial charge on any atom is 0.355 e. The molecule has 0 saturated heterocycles. The van der Waals surface area contributed by atoms with Crippen LogP contribution in [0.1, 0.15) is 27.3 Å². The molecule has 2 N–H and O–H groups in total. The predicted octanol–water partition coefficient (Wildman–Crippen LogP) is 3.22. The second kappa shape index (κ2) is 9.14. The molecule has 1 heterocycles. The van der Waals surface area contributed by atoms with E-state index in [4.69, 9.17) is 9.84 Å². The minimum atomic E-state index is -1.03. The summed E-state index contributed by atoms with van der Waals surface area (Å²) in [6.45, 7) is 1.03. The third-order valence-corrected chi connectivity index (χ3v) is 4.13. The number of carboxylic acids is 1. The van der Waals surface area contributed by atoms with Crippen LogP contribution in [-0.2, 0) is 6.42 Å². The topological polar surface area (TPSA) is 71.5 Å². The van der Waals surface area contributed by atoms with Crippen molar-refractivity contribution in [1.29, 1.82) is 0 Å². The van der Waals surface area contributed by atoms with Crippen molar-refractivity contribution in [3.63, 3.8) is 0 Å². The summed E-state index contributed by atoms with van der Waals surface area (Å²) < 4.78 is 19.4. The summed E-state index contributed by atoms with van der Waals surface area (Å²) in [6, 6.07) is 4.81. The van der Waals surface area contributed by atoms with Crippen molar-refractivity contribution >= 4 is 23.4 Å². The van der Waals surface area contributed by atoms with E-state index in [1.54, 1.807) is 12.1 Å². The number of nitrogens with zero attached hydrogens (tertiary/aromatic N) is 1. The van der Waals surface area contributed by atoms with Gasteiger partial charge in [-0.1, -0.05) is 18.2 Å². The number of nitrogens with one attached hydrogen (secondary N) is 1. The van der Waals surface area contributed by atoms with E-state index in [0.717, 1.165) is 12.1 Å². The quantitative estimate of drug-likeness (QED) is 0.680. The van der Waals surface area contributed by atoms with Gasteiger partial charge in [-0.05, 0) is 37.6 Å².